The third kappa shape index (κ3) is 4.59. The van der Waals surface area contributed by atoms with Crippen molar-refractivity contribution >= 4 is 34.5 Å². The van der Waals surface area contributed by atoms with Crippen molar-refractivity contribution in [3.63, 3.8) is 0 Å². The van der Waals surface area contributed by atoms with Gasteiger partial charge >= 0.3 is 0 Å². The smallest absolute Gasteiger partial charge is 0.105 e. The molecule has 0 aromatic heterocycles. The lowest BCUT2D eigenvalue weighted by Crippen LogP contribution is -2.38. The highest BCUT2D eigenvalue weighted by atomic mass is 35.5. The highest BCUT2D eigenvalue weighted by molar-refractivity contribution is 7.80. The number of nitrogens with zero attached hydrogens (tertiary/aromatic N) is 1. The molecule has 0 amide bonds. The molecule has 1 aromatic rings. The number of methoxy groups -OCH3 is 2. The summed E-state index contributed by atoms with van der Waals surface area (Å²) in [7, 11) is 3.37. The summed E-state index contributed by atoms with van der Waals surface area (Å²) in [4.78, 5) is 2.48. The summed E-state index contributed by atoms with van der Waals surface area (Å²) in [5, 5.41) is 0.557. The monoisotopic (exact) mass is 316 g/mol. The molecule has 1 aromatic carbocycles. The Labute approximate surface area is 130 Å². The Morgan fingerprint density at radius 2 is 2.10 bits per heavy atom. The Morgan fingerprint density at radius 1 is 1.40 bits per heavy atom. The minimum absolute atomic E-state index is 0.210. The van der Waals surface area contributed by atoms with E-state index in [1.54, 1.807) is 14.2 Å². The van der Waals surface area contributed by atoms with Crippen LogP contribution in [0.2, 0.25) is 5.02 Å². The van der Waals surface area contributed by atoms with Crippen molar-refractivity contribution in [2.75, 3.05) is 38.9 Å². The molecule has 6 heteroatoms. The van der Waals surface area contributed by atoms with E-state index in [0.29, 0.717) is 28.8 Å². The average molecular weight is 317 g/mol. The molecule has 0 aliphatic carbocycles. The van der Waals surface area contributed by atoms with Gasteiger partial charge in [-0.1, -0.05) is 23.8 Å². The van der Waals surface area contributed by atoms with Crippen molar-refractivity contribution in [2.24, 2.45) is 5.73 Å². The van der Waals surface area contributed by atoms with Crippen LogP contribution in [-0.2, 0) is 9.47 Å². The summed E-state index contributed by atoms with van der Waals surface area (Å²) in [6.45, 7) is 4.10. The Morgan fingerprint density at radius 3 is 2.60 bits per heavy atom. The van der Waals surface area contributed by atoms with Crippen LogP contribution in [0.5, 0.6) is 0 Å². The third-order valence-corrected chi connectivity index (χ3v) is 3.56. The van der Waals surface area contributed by atoms with E-state index in [1.165, 1.54) is 0 Å². The lowest BCUT2D eigenvalue weighted by atomic mass is 10.1. The predicted octanol–water partition coefficient (Wildman–Crippen LogP) is 2.46. The van der Waals surface area contributed by atoms with Crippen LogP contribution in [0.1, 0.15) is 12.5 Å². The zero-order chi connectivity index (χ0) is 15.1. The van der Waals surface area contributed by atoms with Crippen LogP contribution in [0.25, 0.3) is 0 Å². The Balaban J connectivity index is 3.00. The van der Waals surface area contributed by atoms with Crippen molar-refractivity contribution in [2.45, 2.75) is 13.0 Å². The first-order chi connectivity index (χ1) is 9.51. The van der Waals surface area contributed by atoms with Crippen LogP contribution in [0.3, 0.4) is 0 Å². The van der Waals surface area contributed by atoms with Crippen LogP contribution in [0.4, 0.5) is 5.69 Å². The summed E-state index contributed by atoms with van der Waals surface area (Å²) < 4.78 is 10.4. The van der Waals surface area contributed by atoms with Crippen molar-refractivity contribution in [3.8, 4) is 0 Å². The molecule has 0 heterocycles. The zero-order valence-corrected chi connectivity index (χ0v) is 13.6. The average Bonchev–Trinajstić information content (AvgIpc) is 2.39. The van der Waals surface area contributed by atoms with Gasteiger partial charge in [-0.15, -0.1) is 0 Å². The summed E-state index contributed by atoms with van der Waals surface area (Å²) >= 11 is 11.2. The minimum atomic E-state index is 0.210. The second kappa shape index (κ2) is 8.42. The second-order valence-electron chi connectivity index (χ2n) is 4.52. The van der Waals surface area contributed by atoms with E-state index in [9.17, 15) is 0 Å². The number of benzene rings is 1. The van der Waals surface area contributed by atoms with E-state index in [4.69, 9.17) is 39.0 Å². The Bertz CT molecular complexity index is 457. The molecule has 0 aliphatic rings. The number of thiocarbonyl (C=S) groups is 1. The predicted molar refractivity (Wildman–Crippen MR) is 87.9 cm³/mol. The molecule has 0 saturated carbocycles. The molecule has 0 bridgehead atoms. The lowest BCUT2D eigenvalue weighted by molar-refractivity contribution is 0.171. The minimum Gasteiger partial charge on any atom is -0.389 e. The number of halogens is 1. The molecule has 4 nitrogen and oxygen atoms in total. The number of anilines is 1. The van der Waals surface area contributed by atoms with E-state index in [0.717, 1.165) is 12.2 Å². The van der Waals surface area contributed by atoms with Gasteiger partial charge in [0.25, 0.3) is 0 Å². The first-order valence-electron chi connectivity index (χ1n) is 6.35. The molecule has 2 N–H and O–H groups in total. The van der Waals surface area contributed by atoms with Crippen LogP contribution in [0, 0.1) is 0 Å². The van der Waals surface area contributed by atoms with E-state index in [1.807, 2.05) is 18.2 Å². The van der Waals surface area contributed by atoms with Gasteiger partial charge in [-0.05, 0) is 25.1 Å². The maximum Gasteiger partial charge on any atom is 0.105 e. The third-order valence-electron chi connectivity index (χ3n) is 3.03. The summed E-state index contributed by atoms with van der Waals surface area (Å²) in [6, 6.07) is 5.89. The molecule has 0 fully saturated rings. The fourth-order valence-electron chi connectivity index (χ4n) is 2.01. The summed E-state index contributed by atoms with van der Waals surface area (Å²) in [5.74, 6) is 0. The van der Waals surface area contributed by atoms with Crippen LogP contribution < -0.4 is 10.6 Å². The first-order valence-corrected chi connectivity index (χ1v) is 7.13. The van der Waals surface area contributed by atoms with Crippen LogP contribution in [0.15, 0.2) is 18.2 Å². The number of nitrogens with two attached hydrogens (primary N) is 1. The number of ether oxygens (including phenoxy) is 2. The molecule has 1 atom stereocenters. The Hall–Kier alpha value is -0.880. The standard InChI is InChI=1S/C14H21ClN2O2S/c1-10(9-19-3)17(6-7-18-2)11-4-5-12(14(16)20)13(15)8-11/h4-5,8,10H,6-7,9H2,1-3H3,(H2,16,20). The highest BCUT2D eigenvalue weighted by Crippen LogP contribution is 2.25. The van der Waals surface area contributed by atoms with Crippen molar-refractivity contribution < 1.29 is 9.47 Å². The summed E-state index contributed by atoms with van der Waals surface area (Å²) in [6.07, 6.45) is 0. The second-order valence-corrected chi connectivity index (χ2v) is 5.37. The van der Waals surface area contributed by atoms with E-state index < -0.39 is 0 Å². The zero-order valence-electron chi connectivity index (χ0n) is 12.1. The van der Waals surface area contributed by atoms with E-state index in [-0.39, 0.29) is 6.04 Å². The van der Waals surface area contributed by atoms with Crippen LogP contribution in [-0.4, -0.2) is 45.0 Å². The highest BCUT2D eigenvalue weighted by Gasteiger charge is 2.16. The van der Waals surface area contributed by atoms with Gasteiger partial charge < -0.3 is 20.1 Å². The molecule has 20 heavy (non-hydrogen) atoms. The maximum atomic E-state index is 6.23. The molecule has 0 aliphatic heterocycles. The van der Waals surface area contributed by atoms with E-state index in [2.05, 4.69) is 11.8 Å². The molecule has 0 radical (unpaired) electrons. The molecule has 112 valence electrons. The topological polar surface area (TPSA) is 47.7 Å². The van der Waals surface area contributed by atoms with Crippen molar-refractivity contribution in [1.29, 1.82) is 0 Å². The maximum absolute atomic E-state index is 6.23. The fourth-order valence-corrected chi connectivity index (χ4v) is 2.52. The first kappa shape index (κ1) is 17.2. The van der Waals surface area contributed by atoms with Gasteiger partial charge in [0.15, 0.2) is 0 Å². The molecule has 0 spiro atoms. The van der Waals surface area contributed by atoms with Gasteiger partial charge in [-0.3, -0.25) is 0 Å². The summed E-state index contributed by atoms with van der Waals surface area (Å²) in [5.41, 5.74) is 7.31. The van der Waals surface area contributed by atoms with E-state index >= 15 is 0 Å². The SMILES string of the molecule is COCCN(c1ccc(C(N)=S)c(Cl)c1)C(C)COC. The molecule has 1 unspecified atom stereocenters. The molecular formula is C14H21ClN2O2S. The molecule has 1 rings (SSSR count). The van der Waals surface area contributed by atoms with Crippen molar-refractivity contribution in [1.82, 2.24) is 0 Å². The van der Waals surface area contributed by atoms with Gasteiger partial charge in [0.05, 0.1) is 18.2 Å². The van der Waals surface area contributed by atoms with Crippen LogP contribution >= 0.6 is 23.8 Å². The van der Waals surface area contributed by atoms with Gasteiger partial charge in [-0.25, -0.2) is 0 Å². The molecular weight excluding hydrogens is 296 g/mol. The number of rotatable bonds is 8. The quantitative estimate of drug-likeness (QED) is 0.747. The number of hydrogen-bond donors (Lipinski definition) is 1. The number of hydrogen-bond acceptors (Lipinski definition) is 4. The Kier molecular flexibility index (Phi) is 7.23. The van der Waals surface area contributed by atoms with Gasteiger partial charge in [0, 0.05) is 38.1 Å². The normalized spacial score (nSPS) is 12.2. The lowest BCUT2D eigenvalue weighted by Gasteiger charge is -2.31. The van der Waals surface area contributed by atoms with Gasteiger partial charge in [-0.2, -0.15) is 0 Å². The van der Waals surface area contributed by atoms with Crippen molar-refractivity contribution in [3.05, 3.63) is 28.8 Å². The largest absolute Gasteiger partial charge is 0.389 e. The van der Waals surface area contributed by atoms with Gasteiger partial charge in [0.1, 0.15) is 4.99 Å². The fraction of sp³-hybridized carbons (Fsp3) is 0.500. The molecule has 0 saturated heterocycles. The van der Waals surface area contributed by atoms with Gasteiger partial charge in [0.2, 0.25) is 0 Å².